The summed E-state index contributed by atoms with van der Waals surface area (Å²) < 4.78 is 0. The van der Waals surface area contributed by atoms with E-state index in [4.69, 9.17) is 16.7 Å². The topological polar surface area (TPSA) is 69.6 Å². The Morgan fingerprint density at radius 3 is 2.64 bits per heavy atom. The summed E-state index contributed by atoms with van der Waals surface area (Å²) in [6.45, 7) is 3.69. The van der Waals surface area contributed by atoms with Crippen LogP contribution in [-0.4, -0.2) is 47.5 Å². The number of amides is 3. The summed E-state index contributed by atoms with van der Waals surface area (Å²) in [5.74, 6) is -0.837. The number of halogens is 1. The monoisotopic (exact) mass is 220 g/mol. The van der Waals surface area contributed by atoms with Gasteiger partial charge in [0.2, 0.25) is 5.91 Å². The molecule has 0 aliphatic heterocycles. The summed E-state index contributed by atoms with van der Waals surface area (Å²) in [6.07, 6.45) is 1.50. The molecule has 0 atom stereocenters. The van der Waals surface area contributed by atoms with Crippen molar-refractivity contribution < 1.29 is 14.7 Å². The second kappa shape index (κ2) is 7.34. The van der Waals surface area contributed by atoms with E-state index < -0.39 is 11.9 Å². The maximum absolute atomic E-state index is 11.3. The maximum atomic E-state index is 11.3. The fourth-order valence-electron chi connectivity index (χ4n) is 0.784. The third kappa shape index (κ3) is 4.84. The summed E-state index contributed by atoms with van der Waals surface area (Å²) in [6, 6.07) is -0.579. The highest BCUT2D eigenvalue weighted by Crippen LogP contribution is 1.90. The Morgan fingerprint density at radius 2 is 2.21 bits per heavy atom. The predicted molar refractivity (Wildman–Crippen MR) is 53.1 cm³/mol. The van der Waals surface area contributed by atoms with Gasteiger partial charge in [-0.1, -0.05) is 6.08 Å². The van der Waals surface area contributed by atoms with Crippen LogP contribution in [0.5, 0.6) is 0 Å². The number of hydrogen-bond acceptors (Lipinski definition) is 3. The summed E-state index contributed by atoms with van der Waals surface area (Å²) in [7, 11) is 0. The van der Waals surface area contributed by atoms with Crippen LogP contribution < -0.4 is 5.32 Å². The van der Waals surface area contributed by atoms with Crippen molar-refractivity contribution in [3.05, 3.63) is 12.7 Å². The van der Waals surface area contributed by atoms with Crippen LogP contribution in [0.15, 0.2) is 12.7 Å². The minimum atomic E-state index is -0.579. The van der Waals surface area contributed by atoms with Gasteiger partial charge in [0, 0.05) is 13.1 Å². The second-order valence-corrected chi connectivity index (χ2v) is 2.71. The van der Waals surface area contributed by atoms with Gasteiger partial charge in [-0.15, -0.1) is 18.2 Å². The standard InChI is InChI=1S/C8H13ClN2O3/c1-2-3-11(4-5-12)8(14)10-7(13)6-9/h2,12H,1,3-6H2,(H,10,13,14). The SMILES string of the molecule is C=CCN(CCO)C(=O)NC(=O)CCl. The van der Waals surface area contributed by atoms with Crippen LogP contribution in [0.2, 0.25) is 0 Å². The molecule has 0 aromatic heterocycles. The number of aliphatic hydroxyl groups excluding tert-OH is 1. The number of hydrogen-bond donors (Lipinski definition) is 2. The lowest BCUT2D eigenvalue weighted by atomic mass is 10.5. The third-order valence-electron chi connectivity index (χ3n) is 1.37. The Labute approximate surface area is 87.3 Å². The zero-order chi connectivity index (χ0) is 11.0. The van der Waals surface area contributed by atoms with Crippen LogP contribution in [-0.2, 0) is 4.79 Å². The number of urea groups is 1. The van der Waals surface area contributed by atoms with Gasteiger partial charge in [-0.3, -0.25) is 10.1 Å². The van der Waals surface area contributed by atoms with Crippen molar-refractivity contribution in [3.8, 4) is 0 Å². The van der Waals surface area contributed by atoms with Crippen molar-refractivity contribution in [1.82, 2.24) is 10.2 Å². The zero-order valence-corrected chi connectivity index (χ0v) is 8.46. The molecule has 0 bridgehead atoms. The van der Waals surface area contributed by atoms with E-state index in [0.717, 1.165) is 0 Å². The average molecular weight is 221 g/mol. The van der Waals surface area contributed by atoms with Crippen LogP contribution >= 0.6 is 11.6 Å². The fourth-order valence-corrected chi connectivity index (χ4v) is 0.851. The van der Waals surface area contributed by atoms with Gasteiger partial charge in [-0.25, -0.2) is 4.79 Å². The van der Waals surface area contributed by atoms with Crippen LogP contribution in [0.25, 0.3) is 0 Å². The zero-order valence-electron chi connectivity index (χ0n) is 7.70. The van der Waals surface area contributed by atoms with Gasteiger partial charge in [-0.2, -0.15) is 0 Å². The Kier molecular flexibility index (Phi) is 6.78. The van der Waals surface area contributed by atoms with Gasteiger partial charge >= 0.3 is 6.03 Å². The van der Waals surface area contributed by atoms with E-state index in [1.165, 1.54) is 11.0 Å². The molecule has 0 aromatic carbocycles. The normalized spacial score (nSPS) is 9.29. The summed E-state index contributed by atoms with van der Waals surface area (Å²) in [5.41, 5.74) is 0. The Morgan fingerprint density at radius 1 is 1.57 bits per heavy atom. The van der Waals surface area contributed by atoms with Gasteiger partial charge in [0.05, 0.1) is 6.61 Å². The molecule has 0 rings (SSSR count). The first kappa shape index (κ1) is 12.9. The largest absolute Gasteiger partial charge is 0.395 e. The molecule has 0 aliphatic rings. The molecule has 14 heavy (non-hydrogen) atoms. The number of carbonyl (C=O) groups is 2. The first-order valence-corrected chi connectivity index (χ1v) is 4.55. The van der Waals surface area contributed by atoms with E-state index in [1.807, 2.05) is 0 Å². The molecule has 5 nitrogen and oxygen atoms in total. The molecule has 0 saturated carbocycles. The van der Waals surface area contributed by atoms with E-state index in [-0.39, 0.29) is 25.6 Å². The second-order valence-electron chi connectivity index (χ2n) is 2.45. The van der Waals surface area contributed by atoms with Crippen molar-refractivity contribution in [1.29, 1.82) is 0 Å². The number of rotatable bonds is 5. The molecule has 80 valence electrons. The molecule has 0 aliphatic carbocycles. The van der Waals surface area contributed by atoms with Crippen LogP contribution in [0.3, 0.4) is 0 Å². The van der Waals surface area contributed by atoms with E-state index in [2.05, 4.69) is 11.9 Å². The highest BCUT2D eigenvalue weighted by Gasteiger charge is 2.13. The van der Waals surface area contributed by atoms with Gasteiger partial charge in [-0.05, 0) is 0 Å². The van der Waals surface area contributed by atoms with E-state index in [0.29, 0.717) is 0 Å². The first-order chi connectivity index (χ1) is 6.65. The van der Waals surface area contributed by atoms with E-state index in [9.17, 15) is 9.59 Å². The summed E-state index contributed by atoms with van der Waals surface area (Å²) >= 11 is 5.20. The molecular weight excluding hydrogens is 208 g/mol. The van der Waals surface area contributed by atoms with Crippen molar-refractivity contribution in [2.24, 2.45) is 0 Å². The minimum Gasteiger partial charge on any atom is -0.395 e. The third-order valence-corrected chi connectivity index (χ3v) is 1.62. The van der Waals surface area contributed by atoms with Crippen LogP contribution in [0.1, 0.15) is 0 Å². The molecule has 2 N–H and O–H groups in total. The molecule has 0 aromatic rings. The molecule has 3 amide bonds. The smallest absolute Gasteiger partial charge is 0.324 e. The number of alkyl halides is 1. The van der Waals surface area contributed by atoms with Gasteiger partial charge in [0.1, 0.15) is 5.88 Å². The van der Waals surface area contributed by atoms with Crippen LogP contribution in [0.4, 0.5) is 4.79 Å². The van der Waals surface area contributed by atoms with Crippen molar-refractivity contribution in [2.75, 3.05) is 25.6 Å². The molecule has 0 fully saturated rings. The van der Waals surface area contributed by atoms with Gasteiger partial charge in [0.25, 0.3) is 0 Å². The maximum Gasteiger partial charge on any atom is 0.324 e. The highest BCUT2D eigenvalue weighted by molar-refractivity contribution is 6.28. The summed E-state index contributed by atoms with van der Waals surface area (Å²) in [5, 5.41) is 10.7. The minimum absolute atomic E-state index is 0.146. The van der Waals surface area contributed by atoms with E-state index in [1.54, 1.807) is 0 Å². The van der Waals surface area contributed by atoms with Crippen molar-refractivity contribution >= 4 is 23.5 Å². The lowest BCUT2D eigenvalue weighted by Crippen LogP contribution is -2.44. The van der Waals surface area contributed by atoms with Crippen molar-refractivity contribution in [2.45, 2.75) is 0 Å². The fraction of sp³-hybridized carbons (Fsp3) is 0.500. The van der Waals surface area contributed by atoms with Gasteiger partial charge in [0.15, 0.2) is 0 Å². The number of nitrogens with one attached hydrogen (secondary N) is 1. The molecule has 6 heteroatoms. The average Bonchev–Trinajstić information content (AvgIpc) is 2.17. The first-order valence-electron chi connectivity index (χ1n) is 4.02. The number of carbonyl (C=O) groups excluding carboxylic acids is 2. The van der Waals surface area contributed by atoms with E-state index >= 15 is 0 Å². The van der Waals surface area contributed by atoms with Crippen LogP contribution in [0, 0.1) is 0 Å². The Balaban J connectivity index is 4.13. The molecular formula is C8H13ClN2O3. The number of imide groups is 1. The highest BCUT2D eigenvalue weighted by atomic mass is 35.5. The lowest BCUT2D eigenvalue weighted by molar-refractivity contribution is -0.117. The van der Waals surface area contributed by atoms with Crippen molar-refractivity contribution in [3.63, 3.8) is 0 Å². The number of aliphatic hydroxyl groups is 1. The lowest BCUT2D eigenvalue weighted by Gasteiger charge is -2.19. The molecule has 0 radical (unpaired) electrons. The number of nitrogens with zero attached hydrogens (tertiary/aromatic N) is 1. The molecule has 0 unspecified atom stereocenters. The molecule has 0 saturated heterocycles. The predicted octanol–water partition coefficient (Wildman–Crippen LogP) is -0.0583. The quantitative estimate of drug-likeness (QED) is 0.504. The molecule has 0 spiro atoms. The Hall–Kier alpha value is -1.07. The Bertz CT molecular complexity index is 221. The summed E-state index contributed by atoms with van der Waals surface area (Å²) in [4.78, 5) is 23.3. The van der Waals surface area contributed by atoms with Gasteiger partial charge < -0.3 is 10.0 Å². The molecule has 0 heterocycles.